The van der Waals surface area contributed by atoms with Crippen molar-refractivity contribution in [3.63, 3.8) is 0 Å². The van der Waals surface area contributed by atoms with E-state index >= 15 is 0 Å². The van der Waals surface area contributed by atoms with Crippen LogP contribution in [0.4, 0.5) is 5.82 Å². The van der Waals surface area contributed by atoms with Gasteiger partial charge in [0.05, 0.1) is 5.56 Å². The summed E-state index contributed by atoms with van der Waals surface area (Å²) in [6.45, 7) is 3.24. The molecule has 0 saturated carbocycles. The predicted molar refractivity (Wildman–Crippen MR) is 112 cm³/mol. The van der Waals surface area contributed by atoms with E-state index in [9.17, 15) is 4.79 Å². The van der Waals surface area contributed by atoms with Gasteiger partial charge in [-0.15, -0.1) is 0 Å². The Morgan fingerprint density at radius 2 is 1.39 bits per heavy atom. The highest BCUT2D eigenvalue weighted by Gasteiger charge is 2.19. The van der Waals surface area contributed by atoms with Crippen LogP contribution in [0.15, 0.2) is 79.0 Å². The second-order valence-electron chi connectivity index (χ2n) is 7.23. The van der Waals surface area contributed by atoms with Crippen LogP contribution < -0.4 is 4.90 Å². The molecule has 0 atom stereocenters. The Morgan fingerprint density at radius 3 is 1.89 bits per heavy atom. The number of aromatic nitrogens is 1. The average Bonchev–Trinajstić information content (AvgIpc) is 3.29. The standard InChI is InChI=1S/C24H25N3O/c28-24(22-13-14-23(25-17-22)26-15-7-8-16-26)27(18-20-9-3-1-4-10-20)19-21-11-5-2-6-12-21/h1-6,9-14,17H,7-8,15-16,18-19H2. The topological polar surface area (TPSA) is 36.4 Å². The van der Waals surface area contributed by atoms with Crippen LogP contribution in [0.25, 0.3) is 0 Å². The van der Waals surface area contributed by atoms with Gasteiger partial charge in [-0.25, -0.2) is 4.98 Å². The first kappa shape index (κ1) is 18.2. The molecule has 4 rings (SSSR count). The van der Waals surface area contributed by atoms with Crippen molar-refractivity contribution < 1.29 is 4.79 Å². The van der Waals surface area contributed by atoms with Gasteiger partial charge in [-0.2, -0.15) is 0 Å². The van der Waals surface area contributed by atoms with Gasteiger partial charge >= 0.3 is 0 Å². The third kappa shape index (κ3) is 4.39. The monoisotopic (exact) mass is 371 g/mol. The van der Waals surface area contributed by atoms with Gasteiger partial charge in [-0.3, -0.25) is 4.79 Å². The third-order valence-electron chi connectivity index (χ3n) is 5.14. The van der Waals surface area contributed by atoms with Crippen LogP contribution in [0.1, 0.15) is 34.3 Å². The number of carbonyl (C=O) groups is 1. The van der Waals surface area contributed by atoms with Crippen molar-refractivity contribution in [2.45, 2.75) is 25.9 Å². The fraction of sp³-hybridized carbons (Fsp3) is 0.250. The molecule has 1 aliphatic heterocycles. The fourth-order valence-corrected chi connectivity index (χ4v) is 3.64. The Labute approximate surface area is 166 Å². The van der Waals surface area contributed by atoms with Crippen molar-refractivity contribution in [1.82, 2.24) is 9.88 Å². The molecule has 1 saturated heterocycles. The average molecular weight is 371 g/mol. The molecule has 0 aliphatic carbocycles. The zero-order valence-corrected chi connectivity index (χ0v) is 16.0. The number of benzene rings is 2. The molecule has 1 aromatic heterocycles. The lowest BCUT2D eigenvalue weighted by molar-refractivity contribution is 0.0729. The summed E-state index contributed by atoms with van der Waals surface area (Å²) < 4.78 is 0. The highest BCUT2D eigenvalue weighted by atomic mass is 16.2. The molecule has 1 aliphatic rings. The Kier molecular flexibility index (Phi) is 5.66. The number of nitrogens with zero attached hydrogens (tertiary/aromatic N) is 3. The third-order valence-corrected chi connectivity index (χ3v) is 5.14. The lowest BCUT2D eigenvalue weighted by Crippen LogP contribution is -2.30. The molecule has 4 heteroatoms. The number of amides is 1. The van der Waals surface area contributed by atoms with Crippen LogP contribution in [0.2, 0.25) is 0 Å². The van der Waals surface area contributed by atoms with E-state index in [4.69, 9.17) is 0 Å². The molecule has 0 radical (unpaired) electrons. The molecular weight excluding hydrogens is 346 g/mol. The molecule has 28 heavy (non-hydrogen) atoms. The minimum atomic E-state index is 0.00757. The van der Waals surface area contributed by atoms with Crippen molar-refractivity contribution in [2.75, 3.05) is 18.0 Å². The minimum absolute atomic E-state index is 0.00757. The van der Waals surface area contributed by atoms with Gasteiger partial charge in [0.1, 0.15) is 5.82 Å². The van der Waals surface area contributed by atoms with Crippen molar-refractivity contribution in [2.24, 2.45) is 0 Å². The first-order valence-corrected chi connectivity index (χ1v) is 9.88. The second-order valence-corrected chi connectivity index (χ2v) is 7.23. The van der Waals surface area contributed by atoms with Gasteiger partial charge in [0.25, 0.3) is 5.91 Å². The zero-order valence-electron chi connectivity index (χ0n) is 16.0. The van der Waals surface area contributed by atoms with E-state index in [0.29, 0.717) is 18.7 Å². The van der Waals surface area contributed by atoms with Gasteiger partial charge in [-0.05, 0) is 36.1 Å². The lowest BCUT2D eigenvalue weighted by Gasteiger charge is -2.23. The molecular formula is C24H25N3O. The molecule has 3 aromatic rings. The molecule has 1 amide bonds. The minimum Gasteiger partial charge on any atom is -0.357 e. The van der Waals surface area contributed by atoms with Crippen LogP contribution in [-0.2, 0) is 13.1 Å². The van der Waals surface area contributed by atoms with Crippen LogP contribution >= 0.6 is 0 Å². The van der Waals surface area contributed by atoms with E-state index in [1.165, 1.54) is 12.8 Å². The van der Waals surface area contributed by atoms with Crippen molar-refractivity contribution in [3.8, 4) is 0 Å². The van der Waals surface area contributed by atoms with E-state index in [1.54, 1.807) is 6.20 Å². The van der Waals surface area contributed by atoms with Crippen LogP contribution in [0, 0.1) is 0 Å². The predicted octanol–water partition coefficient (Wildman–Crippen LogP) is 4.52. The highest BCUT2D eigenvalue weighted by molar-refractivity contribution is 5.94. The quantitative estimate of drug-likeness (QED) is 0.639. The largest absolute Gasteiger partial charge is 0.357 e. The summed E-state index contributed by atoms with van der Waals surface area (Å²) in [4.78, 5) is 22.0. The Bertz CT molecular complexity index is 847. The summed E-state index contributed by atoms with van der Waals surface area (Å²) in [5.74, 6) is 0.972. The summed E-state index contributed by atoms with van der Waals surface area (Å²) in [6, 6.07) is 24.1. The molecule has 142 valence electrons. The number of hydrogen-bond acceptors (Lipinski definition) is 3. The van der Waals surface area contributed by atoms with Gasteiger partial charge in [0.2, 0.25) is 0 Å². The number of anilines is 1. The Balaban J connectivity index is 1.54. The molecule has 1 fully saturated rings. The summed E-state index contributed by atoms with van der Waals surface area (Å²) >= 11 is 0. The number of carbonyl (C=O) groups excluding carboxylic acids is 1. The summed E-state index contributed by atoms with van der Waals surface area (Å²) in [5, 5.41) is 0. The SMILES string of the molecule is O=C(c1ccc(N2CCCC2)nc1)N(Cc1ccccc1)Cc1ccccc1. The number of rotatable bonds is 6. The summed E-state index contributed by atoms with van der Waals surface area (Å²) in [6.07, 6.45) is 4.15. The molecule has 0 N–H and O–H groups in total. The molecule has 0 unspecified atom stereocenters. The maximum absolute atomic E-state index is 13.3. The van der Waals surface area contributed by atoms with Crippen molar-refractivity contribution in [3.05, 3.63) is 95.7 Å². The first-order valence-electron chi connectivity index (χ1n) is 9.88. The maximum atomic E-state index is 13.3. The van der Waals surface area contributed by atoms with E-state index in [0.717, 1.165) is 30.0 Å². The molecule has 2 heterocycles. The summed E-state index contributed by atoms with van der Waals surface area (Å²) in [7, 11) is 0. The van der Waals surface area contributed by atoms with Crippen molar-refractivity contribution >= 4 is 11.7 Å². The maximum Gasteiger partial charge on any atom is 0.256 e. The van der Waals surface area contributed by atoms with E-state index in [2.05, 4.69) is 34.1 Å². The molecule has 0 bridgehead atoms. The smallest absolute Gasteiger partial charge is 0.256 e. The Hall–Kier alpha value is -3.14. The van der Waals surface area contributed by atoms with Gasteiger partial charge < -0.3 is 9.80 Å². The normalized spacial score (nSPS) is 13.5. The van der Waals surface area contributed by atoms with Gasteiger partial charge in [0, 0.05) is 32.4 Å². The molecule has 2 aromatic carbocycles. The lowest BCUT2D eigenvalue weighted by atomic mass is 10.1. The summed E-state index contributed by atoms with van der Waals surface area (Å²) in [5.41, 5.74) is 2.87. The Morgan fingerprint density at radius 1 is 0.821 bits per heavy atom. The van der Waals surface area contributed by atoms with Gasteiger partial charge in [0.15, 0.2) is 0 Å². The molecule has 4 nitrogen and oxygen atoms in total. The first-order chi connectivity index (χ1) is 13.8. The van der Waals surface area contributed by atoms with Crippen LogP contribution in [0.5, 0.6) is 0 Å². The number of hydrogen-bond donors (Lipinski definition) is 0. The molecule has 0 spiro atoms. The zero-order chi connectivity index (χ0) is 19.2. The van der Waals surface area contributed by atoms with Gasteiger partial charge in [-0.1, -0.05) is 60.7 Å². The van der Waals surface area contributed by atoms with Crippen molar-refractivity contribution in [1.29, 1.82) is 0 Å². The van der Waals surface area contributed by atoms with E-state index in [1.807, 2.05) is 53.4 Å². The van der Waals surface area contributed by atoms with Crippen LogP contribution in [0.3, 0.4) is 0 Å². The highest BCUT2D eigenvalue weighted by Crippen LogP contribution is 2.19. The van der Waals surface area contributed by atoms with Crippen LogP contribution in [-0.4, -0.2) is 28.9 Å². The van der Waals surface area contributed by atoms with E-state index in [-0.39, 0.29) is 5.91 Å². The van der Waals surface area contributed by atoms with E-state index < -0.39 is 0 Å². The second kappa shape index (κ2) is 8.70. The fourth-order valence-electron chi connectivity index (χ4n) is 3.64. The number of pyridine rings is 1.